The zero-order valence-electron chi connectivity index (χ0n) is 22.0. The van der Waals surface area contributed by atoms with Gasteiger partial charge in [-0.3, -0.25) is 13.7 Å². The van der Waals surface area contributed by atoms with Gasteiger partial charge in [-0.05, 0) is 23.6 Å². The average molecular weight is 709 g/mol. The van der Waals surface area contributed by atoms with Crippen molar-refractivity contribution in [2.75, 3.05) is 24.4 Å². The molecule has 3 saturated heterocycles. The van der Waals surface area contributed by atoms with Gasteiger partial charge in [-0.25, -0.2) is 29.9 Å². The molecule has 0 radical (unpaired) electrons. The Bertz CT molecular complexity index is 1840. The topological polar surface area (TPSA) is 255 Å². The summed E-state index contributed by atoms with van der Waals surface area (Å²) in [6, 6.07) is 0. The number of aromatic nitrogens is 8. The number of imidazole rings is 2. The van der Waals surface area contributed by atoms with E-state index in [0.717, 1.165) is 0 Å². The van der Waals surface area contributed by atoms with Crippen LogP contribution in [0.4, 0.5) is 11.6 Å². The summed E-state index contributed by atoms with van der Waals surface area (Å²) in [5.41, 5.74) is 13.0. The lowest BCUT2D eigenvalue weighted by Gasteiger charge is -2.28. The molecule has 3 aliphatic rings. The second-order valence-electron chi connectivity index (χ2n) is 9.90. The molecular formula is C20H23ClN10O9P2S2. The Balaban J connectivity index is 1.20. The highest BCUT2D eigenvalue weighted by Gasteiger charge is 2.52. The van der Waals surface area contributed by atoms with Gasteiger partial charge in [-0.2, -0.15) is 0 Å². The molecule has 0 spiro atoms. The third kappa shape index (κ3) is 5.39. The third-order valence-corrected chi connectivity index (χ3v) is 10.8. The van der Waals surface area contributed by atoms with Crippen molar-refractivity contribution < 1.29 is 42.7 Å². The Morgan fingerprint density at radius 2 is 1.48 bits per heavy atom. The van der Waals surface area contributed by atoms with Crippen molar-refractivity contribution in [3.8, 4) is 0 Å². The van der Waals surface area contributed by atoms with E-state index in [1.807, 2.05) is 0 Å². The van der Waals surface area contributed by atoms with E-state index in [1.54, 1.807) is 0 Å². The summed E-state index contributed by atoms with van der Waals surface area (Å²) in [5, 5.41) is 10.1. The van der Waals surface area contributed by atoms with Gasteiger partial charge in [0.1, 0.15) is 59.8 Å². The number of ether oxygens (including phenoxy) is 3. The van der Waals surface area contributed by atoms with Gasteiger partial charge >= 0.3 is 6.72 Å². The van der Waals surface area contributed by atoms with E-state index in [1.165, 1.54) is 34.4 Å². The Kier molecular flexibility index (Phi) is 7.87. The lowest BCUT2D eigenvalue weighted by molar-refractivity contribution is -0.167. The zero-order chi connectivity index (χ0) is 31.0. The highest BCUT2D eigenvalue weighted by molar-refractivity contribution is 8.09. The van der Waals surface area contributed by atoms with E-state index in [4.69, 9.17) is 74.5 Å². The molecule has 2 bridgehead atoms. The van der Waals surface area contributed by atoms with Crippen molar-refractivity contribution in [2.45, 2.75) is 48.5 Å². The summed E-state index contributed by atoms with van der Waals surface area (Å²) in [5.74, 6) is 0.258. The van der Waals surface area contributed by atoms with E-state index in [9.17, 15) is 14.9 Å². The molecule has 2 unspecified atom stereocenters. The van der Waals surface area contributed by atoms with E-state index < -0.39 is 74.7 Å². The summed E-state index contributed by atoms with van der Waals surface area (Å²) in [4.78, 5) is 47.0. The number of nitrogens with two attached hydrogens (primary N) is 2. The monoisotopic (exact) mass is 708 g/mol. The molecule has 0 amide bonds. The number of halogens is 1. The highest BCUT2D eigenvalue weighted by atomic mass is 35.5. The number of aliphatic hydroxyl groups is 1. The SMILES string of the molecule is Nc1ncnc2c1ncn2[C@@H]1O[C@@H]2COP(O)(=S)O[C@@H]3[C@H](O)[C@@H](OCP(O)(=S)O[C@H]2[C@H]1Cl)O[C@H]3n1cnc2c(N)ncnc21. The van der Waals surface area contributed by atoms with Crippen LogP contribution in [0.2, 0.25) is 0 Å². The smallest absolute Gasteiger partial charge is 0.325 e. The van der Waals surface area contributed by atoms with Gasteiger partial charge in [0.05, 0.1) is 19.3 Å². The minimum atomic E-state index is -4.14. The van der Waals surface area contributed by atoms with Gasteiger partial charge in [-0.1, -0.05) is 0 Å². The van der Waals surface area contributed by atoms with Crippen molar-refractivity contribution in [1.82, 2.24) is 39.0 Å². The maximum absolute atomic E-state index is 11.1. The second kappa shape index (κ2) is 11.3. The molecule has 0 aliphatic carbocycles. The first kappa shape index (κ1) is 30.6. The lowest BCUT2D eigenvalue weighted by atomic mass is 10.2. The molecule has 3 fully saturated rings. The molecule has 24 heteroatoms. The molecule has 7 N–H and O–H groups in total. The standard InChI is InChI=1S/C20H23ClN10O9P2S2/c21-8-12-7(37-18(8)30-4-28-9-14(22)24-2-26-16(9)30)1-36-42(34,44)40-13-11(32)20(35-6-41(33,43)39-12)38-19(13)31-5-29-10-15(23)25-3-27-17(10)31/h2-5,7-8,11-13,18-20,32H,1,6H2,(H,33,43)(H,34,44)(H2,22,24,26)(H2,23,25,27)/t7-,8-,11+,12-,13-,18-,19-,20+,41?,42?/m1/s1. The van der Waals surface area contributed by atoms with E-state index in [0.29, 0.717) is 11.2 Å². The van der Waals surface area contributed by atoms with E-state index in [2.05, 4.69) is 29.9 Å². The fourth-order valence-electron chi connectivity index (χ4n) is 5.13. The third-order valence-electron chi connectivity index (χ3n) is 7.10. The van der Waals surface area contributed by atoms with E-state index in [-0.39, 0.29) is 22.8 Å². The molecule has 10 atom stereocenters. The Morgan fingerprint density at radius 1 is 0.864 bits per heavy atom. The second-order valence-corrected chi connectivity index (χ2v) is 16.6. The Labute approximate surface area is 261 Å². The van der Waals surface area contributed by atoms with Crippen molar-refractivity contribution in [2.24, 2.45) is 0 Å². The molecule has 19 nitrogen and oxygen atoms in total. The van der Waals surface area contributed by atoms with Crippen LogP contribution in [-0.4, -0.2) is 103 Å². The minimum Gasteiger partial charge on any atom is -0.385 e. The summed E-state index contributed by atoms with van der Waals surface area (Å²) in [6.45, 7) is -8.33. The van der Waals surface area contributed by atoms with Gasteiger partial charge in [0.25, 0.3) is 0 Å². The van der Waals surface area contributed by atoms with Crippen LogP contribution in [0.5, 0.6) is 0 Å². The van der Waals surface area contributed by atoms with Crippen LogP contribution in [0.25, 0.3) is 22.3 Å². The Hall–Kier alpha value is -2.07. The quantitative estimate of drug-likeness (QED) is 0.134. The predicted molar refractivity (Wildman–Crippen MR) is 158 cm³/mol. The summed E-state index contributed by atoms with van der Waals surface area (Å²) < 4.78 is 38.1. The fourth-order valence-corrected chi connectivity index (χ4v) is 8.53. The molecule has 4 aromatic rings. The molecule has 236 valence electrons. The van der Waals surface area contributed by atoms with E-state index >= 15 is 0 Å². The van der Waals surface area contributed by atoms with Crippen LogP contribution in [0.15, 0.2) is 25.3 Å². The van der Waals surface area contributed by atoms with Crippen molar-refractivity contribution in [3.63, 3.8) is 0 Å². The number of aliphatic hydroxyl groups excluding tert-OH is 1. The van der Waals surface area contributed by atoms with Gasteiger partial charge in [0.15, 0.2) is 41.7 Å². The maximum atomic E-state index is 11.1. The summed E-state index contributed by atoms with van der Waals surface area (Å²) >= 11 is 17.5. The van der Waals surface area contributed by atoms with Crippen molar-refractivity contribution in [1.29, 1.82) is 0 Å². The summed E-state index contributed by atoms with van der Waals surface area (Å²) in [6.07, 6.45) is -3.92. The number of anilines is 2. The first-order valence-electron chi connectivity index (χ1n) is 12.7. The van der Waals surface area contributed by atoms with Crippen molar-refractivity contribution in [3.05, 3.63) is 25.3 Å². The van der Waals surface area contributed by atoms with Crippen LogP contribution in [0.1, 0.15) is 12.5 Å². The number of hydrogen-bond acceptors (Lipinski definition) is 17. The van der Waals surface area contributed by atoms with Crippen LogP contribution in [0, 0.1) is 0 Å². The highest BCUT2D eigenvalue weighted by Crippen LogP contribution is 2.54. The first-order valence-corrected chi connectivity index (χ1v) is 18.6. The number of rotatable bonds is 2. The van der Waals surface area contributed by atoms with Crippen LogP contribution < -0.4 is 11.5 Å². The van der Waals surface area contributed by atoms with Crippen LogP contribution in [-0.2, 0) is 51.4 Å². The Morgan fingerprint density at radius 3 is 2.11 bits per heavy atom. The van der Waals surface area contributed by atoms with Gasteiger partial charge in [0, 0.05) is 0 Å². The average Bonchev–Trinajstić information content (AvgIpc) is 3.73. The van der Waals surface area contributed by atoms with Crippen LogP contribution in [0.3, 0.4) is 0 Å². The molecule has 7 heterocycles. The predicted octanol–water partition coefficient (Wildman–Crippen LogP) is -0.156. The minimum absolute atomic E-state index is 0.107. The number of nitrogens with zero attached hydrogens (tertiary/aromatic N) is 8. The molecule has 0 saturated carbocycles. The molecular weight excluding hydrogens is 686 g/mol. The van der Waals surface area contributed by atoms with Gasteiger partial charge in [0.2, 0.25) is 6.49 Å². The molecule has 44 heavy (non-hydrogen) atoms. The number of nitrogen functional groups attached to an aromatic ring is 2. The largest absolute Gasteiger partial charge is 0.385 e. The lowest BCUT2D eigenvalue weighted by Crippen LogP contribution is -2.35. The normalized spacial score (nSPS) is 38.3. The van der Waals surface area contributed by atoms with Crippen LogP contribution >= 0.6 is 24.8 Å². The number of alkyl halides is 1. The first-order chi connectivity index (χ1) is 20.9. The fraction of sp³-hybridized carbons (Fsp3) is 0.500. The molecule has 0 aromatic carbocycles. The molecule has 4 aromatic heterocycles. The van der Waals surface area contributed by atoms with Gasteiger partial charge in [-0.15, -0.1) is 11.6 Å². The zero-order valence-corrected chi connectivity index (χ0v) is 26.1. The molecule has 7 rings (SSSR count). The van der Waals surface area contributed by atoms with Crippen molar-refractivity contribution >= 4 is 82.4 Å². The maximum Gasteiger partial charge on any atom is 0.325 e. The molecule has 3 aliphatic heterocycles. The van der Waals surface area contributed by atoms with Gasteiger partial charge < -0.3 is 49.6 Å². The summed E-state index contributed by atoms with van der Waals surface area (Å²) in [7, 11) is 0. The number of fused-ring (bicyclic) bond motifs is 5. The number of hydrogen-bond donors (Lipinski definition) is 5.